The molecule has 1 atom stereocenters. The normalized spacial score (nSPS) is 18.3. The number of hydrogen-bond donors (Lipinski definition) is 1. The van der Waals surface area contributed by atoms with E-state index < -0.39 is 0 Å². The van der Waals surface area contributed by atoms with Crippen molar-refractivity contribution in [2.24, 2.45) is 0 Å². The molecule has 0 spiro atoms. The van der Waals surface area contributed by atoms with Gasteiger partial charge in [0, 0.05) is 38.6 Å². The first-order chi connectivity index (χ1) is 14.2. The van der Waals surface area contributed by atoms with Gasteiger partial charge in [-0.15, -0.1) is 0 Å². The van der Waals surface area contributed by atoms with Crippen molar-refractivity contribution in [2.45, 2.75) is 31.9 Å². The number of carbonyl (C=O) groups is 1. The SMILES string of the molecule is COc1cc2c(cc1OC)CN(c1ncc(C(=O)NCC3CCCO3)cn1)CC2. The van der Waals surface area contributed by atoms with Gasteiger partial charge in [-0.2, -0.15) is 0 Å². The molecule has 1 amide bonds. The lowest BCUT2D eigenvalue weighted by molar-refractivity contribution is 0.0857. The maximum Gasteiger partial charge on any atom is 0.254 e. The Morgan fingerprint density at radius 3 is 2.59 bits per heavy atom. The standard InChI is InChI=1S/C21H26N4O4/c1-27-18-8-14-5-6-25(13-15(14)9-19(18)28-2)21-23-10-16(11-24-21)20(26)22-12-17-4-3-7-29-17/h8-11,17H,3-7,12-13H2,1-2H3,(H,22,26). The number of nitrogens with zero attached hydrogens (tertiary/aromatic N) is 3. The number of hydrogen-bond acceptors (Lipinski definition) is 7. The number of rotatable bonds is 6. The molecule has 0 saturated carbocycles. The fourth-order valence-electron chi connectivity index (χ4n) is 3.77. The molecule has 1 saturated heterocycles. The van der Waals surface area contributed by atoms with Crippen LogP contribution in [0.15, 0.2) is 24.5 Å². The minimum atomic E-state index is -0.173. The van der Waals surface area contributed by atoms with Gasteiger partial charge in [-0.25, -0.2) is 9.97 Å². The molecule has 8 nitrogen and oxygen atoms in total. The first-order valence-electron chi connectivity index (χ1n) is 9.88. The third-order valence-corrected chi connectivity index (χ3v) is 5.42. The average Bonchev–Trinajstić information content (AvgIpc) is 3.30. The number of ether oxygens (including phenoxy) is 3. The summed E-state index contributed by atoms with van der Waals surface area (Å²) in [6.07, 6.45) is 6.18. The molecular weight excluding hydrogens is 372 g/mol. The second-order valence-electron chi connectivity index (χ2n) is 7.26. The van der Waals surface area contributed by atoms with Crippen LogP contribution in [0.25, 0.3) is 0 Å². The Hall–Kier alpha value is -2.87. The molecule has 0 aliphatic carbocycles. The van der Waals surface area contributed by atoms with Crippen LogP contribution >= 0.6 is 0 Å². The van der Waals surface area contributed by atoms with E-state index in [1.807, 2.05) is 12.1 Å². The topological polar surface area (TPSA) is 85.8 Å². The second kappa shape index (κ2) is 8.65. The Bertz CT molecular complexity index is 866. The Labute approximate surface area is 170 Å². The molecule has 8 heteroatoms. The molecule has 0 bridgehead atoms. The van der Waals surface area contributed by atoms with Gasteiger partial charge in [0.1, 0.15) is 0 Å². The summed E-state index contributed by atoms with van der Waals surface area (Å²) in [5.74, 6) is 1.90. The van der Waals surface area contributed by atoms with E-state index in [1.54, 1.807) is 26.6 Å². The van der Waals surface area contributed by atoms with Crippen molar-refractivity contribution in [1.29, 1.82) is 0 Å². The van der Waals surface area contributed by atoms with Crippen molar-refractivity contribution in [1.82, 2.24) is 15.3 Å². The number of benzene rings is 1. The monoisotopic (exact) mass is 398 g/mol. The molecule has 154 valence electrons. The van der Waals surface area contributed by atoms with Crippen LogP contribution in [0.2, 0.25) is 0 Å². The van der Waals surface area contributed by atoms with E-state index >= 15 is 0 Å². The zero-order chi connectivity index (χ0) is 20.2. The Balaban J connectivity index is 1.41. The molecule has 1 unspecified atom stereocenters. The maximum absolute atomic E-state index is 12.3. The van der Waals surface area contributed by atoms with Gasteiger partial charge >= 0.3 is 0 Å². The number of methoxy groups -OCH3 is 2. The van der Waals surface area contributed by atoms with Crippen molar-refractivity contribution >= 4 is 11.9 Å². The van der Waals surface area contributed by atoms with Crippen LogP contribution in [0.1, 0.15) is 34.3 Å². The third-order valence-electron chi connectivity index (χ3n) is 5.42. The highest BCUT2D eigenvalue weighted by Crippen LogP contribution is 2.33. The largest absolute Gasteiger partial charge is 0.493 e. The molecule has 2 aromatic rings. The summed E-state index contributed by atoms with van der Waals surface area (Å²) in [4.78, 5) is 23.2. The van der Waals surface area contributed by atoms with E-state index in [2.05, 4.69) is 20.2 Å². The highest BCUT2D eigenvalue weighted by molar-refractivity contribution is 5.93. The zero-order valence-corrected chi connectivity index (χ0v) is 16.8. The second-order valence-corrected chi connectivity index (χ2v) is 7.26. The Morgan fingerprint density at radius 2 is 1.93 bits per heavy atom. The molecule has 1 aromatic heterocycles. The Morgan fingerprint density at radius 1 is 1.21 bits per heavy atom. The van der Waals surface area contributed by atoms with Crippen LogP contribution in [-0.4, -0.2) is 55.9 Å². The van der Waals surface area contributed by atoms with Gasteiger partial charge in [0.05, 0.1) is 25.9 Å². The number of aromatic nitrogens is 2. The number of carbonyl (C=O) groups excluding carboxylic acids is 1. The molecule has 2 aliphatic heterocycles. The predicted octanol–water partition coefficient (Wildman–Crippen LogP) is 1.97. The summed E-state index contributed by atoms with van der Waals surface area (Å²) >= 11 is 0. The van der Waals surface area contributed by atoms with E-state index in [1.165, 1.54) is 5.56 Å². The molecule has 0 radical (unpaired) electrons. The van der Waals surface area contributed by atoms with Crippen molar-refractivity contribution in [3.63, 3.8) is 0 Å². The first-order valence-corrected chi connectivity index (χ1v) is 9.88. The van der Waals surface area contributed by atoms with Crippen molar-refractivity contribution < 1.29 is 19.0 Å². The summed E-state index contributed by atoms with van der Waals surface area (Å²) in [7, 11) is 3.28. The van der Waals surface area contributed by atoms with Crippen molar-refractivity contribution in [3.8, 4) is 11.5 Å². The summed E-state index contributed by atoms with van der Waals surface area (Å²) in [5, 5.41) is 2.89. The summed E-state index contributed by atoms with van der Waals surface area (Å²) in [6.45, 7) is 2.78. The van der Waals surface area contributed by atoms with E-state index in [-0.39, 0.29) is 12.0 Å². The molecule has 3 heterocycles. The molecule has 1 fully saturated rings. The van der Waals surface area contributed by atoms with Crippen LogP contribution in [0.3, 0.4) is 0 Å². The number of nitrogens with one attached hydrogen (secondary N) is 1. The Kier molecular flexibility index (Phi) is 5.80. The molecule has 2 aliphatic rings. The van der Waals surface area contributed by atoms with Crippen molar-refractivity contribution in [2.75, 3.05) is 38.8 Å². The van der Waals surface area contributed by atoms with Crippen LogP contribution in [-0.2, 0) is 17.7 Å². The van der Waals surface area contributed by atoms with Crippen LogP contribution in [0.4, 0.5) is 5.95 Å². The molecule has 1 aromatic carbocycles. The minimum Gasteiger partial charge on any atom is -0.493 e. The van der Waals surface area contributed by atoms with E-state index in [0.717, 1.165) is 43.7 Å². The molecule has 29 heavy (non-hydrogen) atoms. The lowest BCUT2D eigenvalue weighted by Crippen LogP contribution is -2.33. The summed E-state index contributed by atoms with van der Waals surface area (Å²) < 4.78 is 16.3. The average molecular weight is 398 g/mol. The van der Waals surface area contributed by atoms with E-state index in [4.69, 9.17) is 14.2 Å². The summed E-state index contributed by atoms with van der Waals surface area (Å²) in [5.41, 5.74) is 2.86. The maximum atomic E-state index is 12.3. The number of amides is 1. The van der Waals surface area contributed by atoms with Gasteiger partial charge in [0.2, 0.25) is 5.95 Å². The summed E-state index contributed by atoms with van der Waals surface area (Å²) in [6, 6.07) is 4.04. The van der Waals surface area contributed by atoms with Crippen molar-refractivity contribution in [3.05, 3.63) is 41.2 Å². The number of anilines is 1. The lowest BCUT2D eigenvalue weighted by Gasteiger charge is -2.29. The van der Waals surface area contributed by atoms with E-state index in [0.29, 0.717) is 30.4 Å². The third kappa shape index (κ3) is 4.27. The minimum absolute atomic E-state index is 0.114. The quantitative estimate of drug-likeness (QED) is 0.796. The van der Waals surface area contributed by atoms with Gasteiger partial charge in [-0.05, 0) is 42.5 Å². The molecular formula is C21H26N4O4. The van der Waals surface area contributed by atoms with Crippen LogP contribution in [0, 0.1) is 0 Å². The highest BCUT2D eigenvalue weighted by Gasteiger charge is 2.22. The van der Waals surface area contributed by atoms with Gasteiger partial charge in [0.15, 0.2) is 11.5 Å². The smallest absolute Gasteiger partial charge is 0.254 e. The molecule has 4 rings (SSSR count). The lowest BCUT2D eigenvalue weighted by atomic mass is 9.99. The van der Waals surface area contributed by atoms with Gasteiger partial charge < -0.3 is 24.4 Å². The van der Waals surface area contributed by atoms with Crippen LogP contribution < -0.4 is 19.7 Å². The van der Waals surface area contributed by atoms with Gasteiger partial charge in [-0.3, -0.25) is 4.79 Å². The first kappa shape index (κ1) is 19.4. The zero-order valence-electron chi connectivity index (χ0n) is 16.8. The molecule has 1 N–H and O–H groups in total. The van der Waals surface area contributed by atoms with E-state index in [9.17, 15) is 4.79 Å². The van der Waals surface area contributed by atoms with Gasteiger partial charge in [-0.1, -0.05) is 0 Å². The fourth-order valence-corrected chi connectivity index (χ4v) is 3.77. The number of fused-ring (bicyclic) bond motifs is 1. The van der Waals surface area contributed by atoms with Crippen LogP contribution in [0.5, 0.6) is 11.5 Å². The predicted molar refractivity (Wildman–Crippen MR) is 108 cm³/mol. The van der Waals surface area contributed by atoms with Gasteiger partial charge in [0.25, 0.3) is 5.91 Å². The highest BCUT2D eigenvalue weighted by atomic mass is 16.5. The fraction of sp³-hybridized carbons (Fsp3) is 0.476.